The number of hydrogen-bond donors (Lipinski definition) is 3. The van der Waals surface area contributed by atoms with E-state index < -0.39 is 47.6 Å². The molecule has 1 aromatic heterocycles. The summed E-state index contributed by atoms with van der Waals surface area (Å²) in [5.41, 5.74) is 6.58. The second-order valence-electron chi connectivity index (χ2n) is 14.9. The molecule has 13 heteroatoms. The minimum Gasteiger partial charge on any atom is -0.438 e. The van der Waals surface area contributed by atoms with Crippen LogP contribution in [0.15, 0.2) is 43.1 Å². The van der Waals surface area contributed by atoms with Crippen molar-refractivity contribution < 1.29 is 28.9 Å². The van der Waals surface area contributed by atoms with Crippen LogP contribution in [-0.4, -0.2) is 101 Å². The van der Waals surface area contributed by atoms with Gasteiger partial charge in [0.2, 0.25) is 0 Å². The molecule has 4 rings (SSSR count). The number of ether oxygens (including phenoxy) is 3. The Morgan fingerprint density at radius 3 is 2.60 bits per heavy atom. The highest BCUT2D eigenvalue weighted by Gasteiger charge is 2.58. The quantitative estimate of drug-likeness (QED) is 0.142. The molecule has 0 bridgehead atoms. The number of aliphatic hydroxyl groups is 1. The number of nitrogens with one attached hydrogen (secondary N) is 1. The van der Waals surface area contributed by atoms with Gasteiger partial charge in [-0.1, -0.05) is 44.2 Å². The molecule has 4 N–H and O–H groups in total. The normalized spacial score (nSPS) is 34.4. The van der Waals surface area contributed by atoms with Gasteiger partial charge in [0, 0.05) is 43.4 Å². The van der Waals surface area contributed by atoms with Crippen molar-refractivity contribution >= 4 is 25.4 Å². The number of Topliss-reactive ketones (excluding diaryl/α,β-unsaturated/α-hetero) is 1. The number of benzene rings is 1. The molecule has 1 unspecified atom stereocenters. The molecule has 2 fully saturated rings. The standard InChI is InChI=1S/C37H59BN6O6/c1-9-14-28-31(45)24(4)32(38)36(6,48-8)20-23(3)21-40-25(5)33-37(7,30(10-2)49-34(28)46)50-35(47)44(33)18-12-11-17-43-22-29(41-42-43)26-15-13-16-27(39)19-26/h9,13,15-16,19,22-25,28,30,32-34,40,46H,1,10-12,14,17-18,20-21,38-39H2,2-8H3/t23-,24+,25-,28-,30-,32-,33-,34?,36-,37-/m1/s1. The van der Waals surface area contributed by atoms with Crippen molar-refractivity contribution in [3.8, 4) is 11.3 Å². The molecule has 2 aromatic rings. The third-order valence-corrected chi connectivity index (χ3v) is 11.3. The number of anilines is 1. The monoisotopic (exact) mass is 694 g/mol. The summed E-state index contributed by atoms with van der Waals surface area (Å²) in [4.78, 5) is 29.5. The minimum absolute atomic E-state index is 0.101. The lowest BCUT2D eigenvalue weighted by atomic mass is 9.62. The highest BCUT2D eigenvalue weighted by Crippen LogP contribution is 2.41. The van der Waals surface area contributed by atoms with Gasteiger partial charge in [0.15, 0.2) is 11.9 Å². The van der Waals surface area contributed by atoms with Crippen LogP contribution in [0, 0.1) is 17.8 Å². The molecule has 1 amide bonds. The number of nitrogens with zero attached hydrogens (tertiary/aromatic N) is 4. The number of aryl methyl sites for hydroxylation is 1. The van der Waals surface area contributed by atoms with Crippen molar-refractivity contribution in [2.75, 3.05) is 25.9 Å². The summed E-state index contributed by atoms with van der Waals surface area (Å²) < 4.78 is 20.5. The summed E-state index contributed by atoms with van der Waals surface area (Å²) in [6.45, 7) is 17.7. The van der Waals surface area contributed by atoms with E-state index in [-0.39, 0.29) is 30.0 Å². The number of rotatable bonds is 10. The maximum absolute atomic E-state index is 14.0. The molecule has 3 heterocycles. The number of allylic oxidation sites excluding steroid dienone is 1. The topological polar surface area (TPSA) is 154 Å². The van der Waals surface area contributed by atoms with Gasteiger partial charge in [0.05, 0.1) is 23.8 Å². The maximum Gasteiger partial charge on any atom is 0.410 e. The molecule has 2 aliphatic heterocycles. The van der Waals surface area contributed by atoms with Crippen LogP contribution in [0.1, 0.15) is 73.6 Å². The summed E-state index contributed by atoms with van der Waals surface area (Å²) in [7, 11) is 3.74. The van der Waals surface area contributed by atoms with Gasteiger partial charge in [-0.15, -0.1) is 11.7 Å². The lowest BCUT2D eigenvalue weighted by Crippen LogP contribution is -2.61. The van der Waals surface area contributed by atoms with Crippen LogP contribution >= 0.6 is 0 Å². The highest BCUT2D eigenvalue weighted by molar-refractivity contribution is 6.14. The van der Waals surface area contributed by atoms with Gasteiger partial charge < -0.3 is 30.4 Å². The second-order valence-corrected chi connectivity index (χ2v) is 14.9. The summed E-state index contributed by atoms with van der Waals surface area (Å²) in [6.07, 6.45) is 3.92. The van der Waals surface area contributed by atoms with Gasteiger partial charge in [-0.2, -0.15) is 0 Å². The molecule has 10 atom stereocenters. The first-order chi connectivity index (χ1) is 23.7. The molecule has 1 aromatic carbocycles. The van der Waals surface area contributed by atoms with Crippen molar-refractivity contribution in [2.45, 2.75) is 122 Å². The number of aliphatic hydroxyl groups excluding tert-OH is 1. The Labute approximate surface area is 298 Å². The van der Waals surface area contributed by atoms with Crippen LogP contribution in [-0.2, 0) is 25.5 Å². The Balaban J connectivity index is 1.57. The summed E-state index contributed by atoms with van der Waals surface area (Å²) in [6, 6.07) is 6.95. The summed E-state index contributed by atoms with van der Waals surface area (Å²) in [5, 5.41) is 23.9. The predicted octanol–water partition coefficient (Wildman–Crippen LogP) is 4.24. The lowest BCUT2D eigenvalue weighted by Gasteiger charge is -2.42. The first-order valence-corrected chi connectivity index (χ1v) is 18.2. The molecule has 0 saturated carbocycles. The highest BCUT2D eigenvalue weighted by atomic mass is 16.6. The van der Waals surface area contributed by atoms with Crippen LogP contribution in [0.3, 0.4) is 0 Å². The Hall–Kier alpha value is -3.26. The third kappa shape index (κ3) is 8.61. The van der Waals surface area contributed by atoms with E-state index in [2.05, 4.69) is 43.0 Å². The van der Waals surface area contributed by atoms with E-state index in [0.717, 1.165) is 17.7 Å². The molecule has 0 aliphatic carbocycles. The van der Waals surface area contributed by atoms with Gasteiger partial charge >= 0.3 is 6.09 Å². The van der Waals surface area contributed by atoms with Crippen LogP contribution in [0.2, 0.25) is 5.82 Å². The second kappa shape index (κ2) is 16.8. The van der Waals surface area contributed by atoms with Crippen LogP contribution < -0.4 is 11.1 Å². The SMILES string of the molecule is B[C@@H]1[C@@H](C)C(=O)[C@@H](CC=C)C(O)O[C@H](CC)[C@@]2(C)OC(=O)N(CCCCn3cc(-c4cccc(N)c4)nn3)[C@@H]2[C@@H](C)NC[C@H](C)C[C@@]1(C)OC. The van der Waals surface area contributed by atoms with E-state index in [4.69, 9.17) is 19.9 Å². The zero-order valence-electron chi connectivity index (χ0n) is 31.3. The molecular weight excluding hydrogens is 635 g/mol. The molecule has 12 nitrogen and oxygen atoms in total. The van der Waals surface area contributed by atoms with Gasteiger partial charge in [-0.05, 0) is 83.3 Å². The Kier molecular flexibility index (Phi) is 13.3. The van der Waals surface area contributed by atoms with Crippen molar-refractivity contribution in [2.24, 2.45) is 17.8 Å². The molecule has 2 aliphatic rings. The van der Waals surface area contributed by atoms with Crippen LogP contribution in [0.25, 0.3) is 11.3 Å². The molecule has 276 valence electrons. The summed E-state index contributed by atoms with van der Waals surface area (Å²) >= 11 is 0. The third-order valence-electron chi connectivity index (χ3n) is 11.3. The van der Waals surface area contributed by atoms with Crippen LogP contribution in [0.4, 0.5) is 10.5 Å². The van der Waals surface area contributed by atoms with E-state index in [9.17, 15) is 14.7 Å². The predicted molar refractivity (Wildman–Crippen MR) is 197 cm³/mol. The van der Waals surface area contributed by atoms with E-state index in [0.29, 0.717) is 44.6 Å². The number of amides is 1. The zero-order valence-corrected chi connectivity index (χ0v) is 31.3. The van der Waals surface area contributed by atoms with Crippen molar-refractivity contribution in [1.29, 1.82) is 0 Å². The smallest absolute Gasteiger partial charge is 0.410 e. The number of nitrogens with two attached hydrogens (primary N) is 1. The fourth-order valence-corrected chi connectivity index (χ4v) is 8.06. The maximum atomic E-state index is 14.0. The number of carbonyl (C=O) groups is 2. The van der Waals surface area contributed by atoms with E-state index >= 15 is 0 Å². The fraction of sp³-hybridized carbons (Fsp3) is 0.676. The van der Waals surface area contributed by atoms with Crippen molar-refractivity contribution in [3.05, 3.63) is 43.1 Å². The fourth-order valence-electron chi connectivity index (χ4n) is 8.06. The van der Waals surface area contributed by atoms with E-state index in [1.165, 1.54) is 0 Å². The van der Waals surface area contributed by atoms with E-state index in [1.807, 2.05) is 59.1 Å². The number of carbonyl (C=O) groups excluding carboxylic acids is 2. The zero-order chi connectivity index (χ0) is 36.8. The van der Waals surface area contributed by atoms with Gasteiger partial charge in [-0.25, -0.2) is 4.79 Å². The average molecular weight is 695 g/mol. The Morgan fingerprint density at radius 1 is 1.22 bits per heavy atom. The number of methoxy groups -OCH3 is 1. The number of aromatic nitrogens is 3. The number of ketones is 1. The summed E-state index contributed by atoms with van der Waals surface area (Å²) in [5.74, 6) is -1.26. The van der Waals surface area contributed by atoms with Gasteiger partial charge in [-0.3, -0.25) is 14.4 Å². The number of hydrogen-bond acceptors (Lipinski definition) is 10. The minimum atomic E-state index is -1.41. The number of fused-ring (bicyclic) bond motifs is 1. The molecule has 0 spiro atoms. The van der Waals surface area contributed by atoms with Crippen molar-refractivity contribution in [3.63, 3.8) is 0 Å². The first-order valence-electron chi connectivity index (χ1n) is 18.2. The van der Waals surface area contributed by atoms with Gasteiger partial charge in [0.25, 0.3) is 0 Å². The van der Waals surface area contributed by atoms with Crippen molar-refractivity contribution in [1.82, 2.24) is 25.2 Å². The van der Waals surface area contributed by atoms with Gasteiger partial charge in [0.1, 0.15) is 25.4 Å². The number of unbranched alkanes of at least 4 members (excludes halogenated alkanes) is 1. The Morgan fingerprint density at radius 2 is 1.94 bits per heavy atom. The lowest BCUT2D eigenvalue weighted by molar-refractivity contribution is -0.211. The first kappa shape index (κ1) is 39.5. The Bertz CT molecular complexity index is 1460. The molecule has 2 saturated heterocycles. The van der Waals surface area contributed by atoms with Crippen LogP contribution in [0.5, 0.6) is 0 Å². The van der Waals surface area contributed by atoms with E-state index in [1.54, 1.807) is 22.8 Å². The molecule has 50 heavy (non-hydrogen) atoms. The number of nitrogen functional groups attached to an aromatic ring is 1. The largest absolute Gasteiger partial charge is 0.438 e. The average Bonchev–Trinajstić information content (AvgIpc) is 3.67. The molecular formula is C37H59BN6O6. The molecule has 0 radical (unpaired) electrons.